The summed E-state index contributed by atoms with van der Waals surface area (Å²) in [4.78, 5) is 12.5. The molecule has 0 saturated heterocycles. The van der Waals surface area contributed by atoms with Gasteiger partial charge in [0.2, 0.25) is 0 Å². The lowest BCUT2D eigenvalue weighted by molar-refractivity contribution is 0.0891. The third-order valence-corrected chi connectivity index (χ3v) is 6.68. The molecule has 110 valence electrons. The van der Waals surface area contributed by atoms with Crippen LogP contribution in [0, 0.1) is 5.92 Å². The van der Waals surface area contributed by atoms with Crippen LogP contribution in [0.15, 0.2) is 22.7 Å². The second-order valence-corrected chi connectivity index (χ2v) is 8.90. The summed E-state index contributed by atoms with van der Waals surface area (Å²) in [5.41, 5.74) is 0.553. The van der Waals surface area contributed by atoms with Crippen molar-refractivity contribution in [3.8, 4) is 0 Å². The summed E-state index contributed by atoms with van der Waals surface area (Å²) in [7, 11) is -3.08. The number of benzene rings is 1. The highest BCUT2D eigenvalue weighted by Crippen LogP contribution is 2.32. The monoisotopic (exact) mass is 378 g/mol. The van der Waals surface area contributed by atoms with Crippen LogP contribution in [-0.2, 0) is 9.84 Å². The first kappa shape index (κ1) is 16.0. The molecular formula is C14H16BrClO3S. The predicted octanol–water partition coefficient (Wildman–Crippen LogP) is 3.89. The molecule has 20 heavy (non-hydrogen) atoms. The second kappa shape index (κ2) is 6.16. The molecule has 0 N–H and O–H groups in total. The summed E-state index contributed by atoms with van der Waals surface area (Å²) in [6.07, 6.45) is 3.85. The van der Waals surface area contributed by atoms with Crippen LogP contribution < -0.4 is 0 Å². The van der Waals surface area contributed by atoms with E-state index in [0.717, 1.165) is 17.3 Å². The first-order valence-electron chi connectivity index (χ1n) is 6.47. The van der Waals surface area contributed by atoms with Crippen molar-refractivity contribution in [2.75, 3.05) is 6.26 Å². The van der Waals surface area contributed by atoms with E-state index < -0.39 is 15.1 Å². The number of carbonyl (C=O) groups excluding carboxylic acids is 1. The van der Waals surface area contributed by atoms with Crippen LogP contribution in [0.2, 0.25) is 5.02 Å². The largest absolute Gasteiger partial charge is 0.294 e. The minimum Gasteiger partial charge on any atom is -0.294 e. The van der Waals surface area contributed by atoms with Crippen LogP contribution in [0.1, 0.15) is 36.0 Å². The van der Waals surface area contributed by atoms with E-state index in [1.807, 2.05) is 0 Å². The van der Waals surface area contributed by atoms with Crippen molar-refractivity contribution < 1.29 is 13.2 Å². The maximum Gasteiger partial charge on any atom is 0.166 e. The molecule has 0 aliphatic heterocycles. The van der Waals surface area contributed by atoms with Gasteiger partial charge in [0, 0.05) is 22.2 Å². The Morgan fingerprint density at radius 3 is 2.65 bits per heavy atom. The molecule has 0 bridgehead atoms. The third kappa shape index (κ3) is 3.62. The maximum atomic E-state index is 12.5. The molecule has 1 saturated carbocycles. The van der Waals surface area contributed by atoms with Gasteiger partial charge in [0.25, 0.3) is 0 Å². The highest BCUT2D eigenvalue weighted by atomic mass is 79.9. The van der Waals surface area contributed by atoms with Crippen LogP contribution >= 0.6 is 27.5 Å². The molecule has 0 spiro atoms. The number of sulfone groups is 1. The fourth-order valence-corrected chi connectivity index (χ4v) is 4.26. The normalized spacial score (nSPS) is 23.6. The lowest BCUT2D eigenvalue weighted by Crippen LogP contribution is -2.31. The first-order valence-corrected chi connectivity index (χ1v) is 9.59. The topological polar surface area (TPSA) is 51.2 Å². The standard InChI is InChI=1S/C14H16BrClO3S/c1-20(18,19)11-4-2-3-9(7-11)14(17)10-5-6-12(15)13(16)8-10/h5-6,8-9,11H,2-4,7H2,1H3. The van der Waals surface area contributed by atoms with Gasteiger partial charge in [-0.15, -0.1) is 0 Å². The molecule has 1 aliphatic rings. The minimum atomic E-state index is -3.08. The molecule has 0 aromatic heterocycles. The van der Waals surface area contributed by atoms with E-state index in [-0.39, 0.29) is 11.7 Å². The SMILES string of the molecule is CS(=O)(=O)C1CCCC(C(=O)c2ccc(Br)c(Cl)c2)C1. The molecule has 1 aromatic rings. The summed E-state index contributed by atoms with van der Waals surface area (Å²) in [6.45, 7) is 0. The fourth-order valence-electron chi connectivity index (χ4n) is 2.66. The van der Waals surface area contributed by atoms with E-state index in [2.05, 4.69) is 15.9 Å². The number of carbonyl (C=O) groups is 1. The van der Waals surface area contributed by atoms with E-state index in [1.165, 1.54) is 6.26 Å². The molecule has 2 unspecified atom stereocenters. The second-order valence-electron chi connectivity index (χ2n) is 5.31. The van der Waals surface area contributed by atoms with Crippen molar-refractivity contribution in [2.45, 2.75) is 30.9 Å². The number of rotatable bonds is 3. The van der Waals surface area contributed by atoms with Crippen molar-refractivity contribution in [2.24, 2.45) is 5.92 Å². The van der Waals surface area contributed by atoms with E-state index >= 15 is 0 Å². The Kier molecular flexibility index (Phi) is 4.92. The van der Waals surface area contributed by atoms with Gasteiger partial charge >= 0.3 is 0 Å². The van der Waals surface area contributed by atoms with Crippen LogP contribution in [0.25, 0.3) is 0 Å². The van der Waals surface area contributed by atoms with Crippen LogP contribution in [0.4, 0.5) is 0 Å². The van der Waals surface area contributed by atoms with E-state index in [4.69, 9.17) is 11.6 Å². The summed E-state index contributed by atoms with van der Waals surface area (Å²) < 4.78 is 24.0. The molecule has 1 aliphatic carbocycles. The molecule has 1 fully saturated rings. The fraction of sp³-hybridized carbons (Fsp3) is 0.500. The molecule has 2 rings (SSSR count). The maximum absolute atomic E-state index is 12.5. The van der Waals surface area contributed by atoms with Crippen molar-refractivity contribution in [3.63, 3.8) is 0 Å². The summed E-state index contributed by atoms with van der Waals surface area (Å²) in [5, 5.41) is 0.0995. The van der Waals surface area contributed by atoms with Crippen LogP contribution in [0.3, 0.4) is 0 Å². The van der Waals surface area contributed by atoms with Gasteiger partial charge in [-0.2, -0.15) is 0 Å². The lowest BCUT2D eigenvalue weighted by atomic mass is 9.83. The Morgan fingerprint density at radius 1 is 1.35 bits per heavy atom. The number of Topliss-reactive ketones (excluding diaryl/α,β-unsaturated/α-hetero) is 1. The molecule has 0 radical (unpaired) electrons. The van der Waals surface area contributed by atoms with Gasteiger partial charge in [-0.1, -0.05) is 24.1 Å². The average Bonchev–Trinajstić information content (AvgIpc) is 2.40. The summed E-state index contributed by atoms with van der Waals surface area (Å²) in [5.74, 6) is -0.228. The molecule has 1 aromatic carbocycles. The van der Waals surface area contributed by atoms with Gasteiger partial charge < -0.3 is 0 Å². The zero-order valence-electron chi connectivity index (χ0n) is 11.1. The highest BCUT2D eigenvalue weighted by molar-refractivity contribution is 9.10. The molecular weight excluding hydrogens is 364 g/mol. The molecule has 6 heteroatoms. The highest BCUT2D eigenvalue weighted by Gasteiger charge is 2.32. The molecule has 3 nitrogen and oxygen atoms in total. The van der Waals surface area contributed by atoms with Crippen LogP contribution in [0.5, 0.6) is 0 Å². The van der Waals surface area contributed by atoms with E-state index in [9.17, 15) is 13.2 Å². The zero-order chi connectivity index (χ0) is 14.9. The first-order chi connectivity index (χ1) is 9.29. The van der Waals surface area contributed by atoms with Crippen molar-refractivity contribution in [1.29, 1.82) is 0 Å². The number of ketones is 1. The van der Waals surface area contributed by atoms with Gasteiger partial charge in [0.15, 0.2) is 5.78 Å². The minimum absolute atomic E-state index is 0.00671. The van der Waals surface area contributed by atoms with Gasteiger partial charge in [0.1, 0.15) is 9.84 Å². The van der Waals surface area contributed by atoms with E-state index in [1.54, 1.807) is 18.2 Å². The van der Waals surface area contributed by atoms with Crippen molar-refractivity contribution in [1.82, 2.24) is 0 Å². The summed E-state index contributed by atoms with van der Waals surface area (Å²) in [6, 6.07) is 5.10. The smallest absolute Gasteiger partial charge is 0.166 e. The molecule has 0 amide bonds. The Morgan fingerprint density at radius 2 is 2.05 bits per heavy atom. The Bertz CT molecular complexity index is 627. The average molecular weight is 380 g/mol. The van der Waals surface area contributed by atoms with E-state index in [0.29, 0.717) is 23.4 Å². The lowest BCUT2D eigenvalue weighted by Gasteiger charge is -2.27. The van der Waals surface area contributed by atoms with Crippen LogP contribution in [-0.4, -0.2) is 25.7 Å². The Labute approximate surface area is 132 Å². The van der Waals surface area contributed by atoms with Crippen molar-refractivity contribution >= 4 is 43.2 Å². The van der Waals surface area contributed by atoms with Gasteiger partial charge in [-0.05, 0) is 47.3 Å². The summed E-state index contributed by atoms with van der Waals surface area (Å²) >= 11 is 9.29. The molecule has 0 heterocycles. The van der Waals surface area contributed by atoms with Gasteiger partial charge in [-0.3, -0.25) is 4.79 Å². The number of halogens is 2. The molecule has 2 atom stereocenters. The van der Waals surface area contributed by atoms with Gasteiger partial charge in [0.05, 0.1) is 10.3 Å². The predicted molar refractivity (Wildman–Crippen MR) is 84.1 cm³/mol. The number of hydrogen-bond donors (Lipinski definition) is 0. The Hall–Kier alpha value is -0.390. The Balaban J connectivity index is 2.18. The van der Waals surface area contributed by atoms with Gasteiger partial charge in [-0.25, -0.2) is 8.42 Å². The zero-order valence-corrected chi connectivity index (χ0v) is 14.3. The van der Waals surface area contributed by atoms with Crippen molar-refractivity contribution in [3.05, 3.63) is 33.3 Å². The quantitative estimate of drug-likeness (QED) is 0.749. The number of hydrogen-bond acceptors (Lipinski definition) is 3. The third-order valence-electron chi connectivity index (χ3n) is 3.81.